The van der Waals surface area contributed by atoms with E-state index in [-0.39, 0.29) is 17.4 Å². The van der Waals surface area contributed by atoms with E-state index >= 15 is 0 Å². The molecular weight excluding hydrogens is 404 g/mol. The van der Waals surface area contributed by atoms with E-state index < -0.39 is 0 Å². The highest BCUT2D eigenvalue weighted by Crippen LogP contribution is 2.26. The zero-order valence-corrected chi connectivity index (χ0v) is 18.0. The second kappa shape index (κ2) is 9.25. The van der Waals surface area contributed by atoms with Crippen molar-refractivity contribution in [2.75, 3.05) is 11.1 Å². The van der Waals surface area contributed by atoms with E-state index in [1.54, 1.807) is 24.3 Å². The number of carbonyl (C=O) groups is 2. The molecule has 0 saturated carbocycles. The van der Waals surface area contributed by atoms with Crippen LogP contribution in [0.15, 0.2) is 59.6 Å². The summed E-state index contributed by atoms with van der Waals surface area (Å²) in [6, 6.07) is 16.3. The van der Waals surface area contributed by atoms with Gasteiger partial charge in [-0.1, -0.05) is 35.5 Å². The minimum Gasteiger partial charge on any atom is -0.322 e. The van der Waals surface area contributed by atoms with Crippen LogP contribution in [-0.4, -0.2) is 22.4 Å². The SMILES string of the molecule is Cc1cccc(NC(=O)c2c(C)cc(C)nc2SCC(=O)c2ccc(Cl)cc2)c1. The molecule has 148 valence electrons. The van der Waals surface area contributed by atoms with Crippen molar-refractivity contribution >= 4 is 40.7 Å². The summed E-state index contributed by atoms with van der Waals surface area (Å²) in [6.07, 6.45) is 0. The normalized spacial score (nSPS) is 10.6. The van der Waals surface area contributed by atoms with Gasteiger partial charge in [-0.25, -0.2) is 4.98 Å². The fourth-order valence-corrected chi connectivity index (χ4v) is 4.12. The lowest BCUT2D eigenvalue weighted by atomic mass is 10.1. The molecule has 3 rings (SSSR count). The molecule has 0 spiro atoms. The minimum atomic E-state index is -0.234. The first-order valence-electron chi connectivity index (χ1n) is 9.11. The summed E-state index contributed by atoms with van der Waals surface area (Å²) in [4.78, 5) is 30.0. The van der Waals surface area contributed by atoms with Gasteiger partial charge < -0.3 is 5.32 Å². The van der Waals surface area contributed by atoms with E-state index in [1.807, 2.05) is 51.1 Å². The van der Waals surface area contributed by atoms with Crippen LogP contribution in [0.2, 0.25) is 5.02 Å². The number of aryl methyl sites for hydroxylation is 3. The molecule has 0 bridgehead atoms. The van der Waals surface area contributed by atoms with Gasteiger partial charge in [-0.2, -0.15) is 0 Å². The van der Waals surface area contributed by atoms with Crippen molar-refractivity contribution in [1.29, 1.82) is 0 Å². The standard InChI is InChI=1S/C23H21ClN2O2S/c1-14-5-4-6-19(11-14)26-22(28)21-15(2)12-16(3)25-23(21)29-13-20(27)17-7-9-18(24)10-8-17/h4-12H,13H2,1-3H3,(H,26,28). The van der Waals surface area contributed by atoms with Crippen LogP contribution in [0.5, 0.6) is 0 Å². The van der Waals surface area contributed by atoms with E-state index in [9.17, 15) is 9.59 Å². The number of aromatic nitrogens is 1. The van der Waals surface area contributed by atoms with Crippen molar-refractivity contribution in [3.05, 3.63) is 87.6 Å². The predicted molar refractivity (Wildman–Crippen MR) is 119 cm³/mol. The van der Waals surface area contributed by atoms with Crippen LogP contribution in [0.3, 0.4) is 0 Å². The van der Waals surface area contributed by atoms with Crippen molar-refractivity contribution in [3.63, 3.8) is 0 Å². The summed E-state index contributed by atoms with van der Waals surface area (Å²) in [5.41, 5.74) is 4.48. The molecule has 1 amide bonds. The average molecular weight is 425 g/mol. The Morgan fingerprint density at radius 2 is 1.76 bits per heavy atom. The first-order chi connectivity index (χ1) is 13.8. The van der Waals surface area contributed by atoms with Crippen LogP contribution in [0.25, 0.3) is 0 Å². The number of pyridine rings is 1. The van der Waals surface area contributed by atoms with Gasteiger partial charge in [0, 0.05) is 22.0 Å². The quantitative estimate of drug-likeness (QED) is 0.396. The highest BCUT2D eigenvalue weighted by Gasteiger charge is 2.19. The molecule has 0 radical (unpaired) electrons. The van der Waals surface area contributed by atoms with E-state index in [0.29, 0.717) is 21.2 Å². The maximum absolute atomic E-state index is 13.0. The Balaban J connectivity index is 1.82. The molecule has 29 heavy (non-hydrogen) atoms. The van der Waals surface area contributed by atoms with E-state index in [0.717, 1.165) is 22.5 Å². The third-order valence-corrected chi connectivity index (χ3v) is 5.55. The Kier molecular flexibility index (Phi) is 6.72. The molecule has 0 aliphatic rings. The van der Waals surface area contributed by atoms with Crippen LogP contribution in [0, 0.1) is 20.8 Å². The summed E-state index contributed by atoms with van der Waals surface area (Å²) in [5.74, 6) is -0.0953. The molecule has 0 atom stereocenters. The van der Waals surface area contributed by atoms with Crippen LogP contribution < -0.4 is 5.32 Å². The molecular formula is C23H21ClN2O2S. The number of carbonyl (C=O) groups excluding carboxylic acids is 2. The van der Waals surface area contributed by atoms with Gasteiger partial charge in [-0.3, -0.25) is 9.59 Å². The number of halogens is 1. The van der Waals surface area contributed by atoms with Gasteiger partial charge >= 0.3 is 0 Å². The van der Waals surface area contributed by atoms with Gasteiger partial charge in [0.05, 0.1) is 11.3 Å². The summed E-state index contributed by atoms with van der Waals surface area (Å²) in [6.45, 7) is 5.73. The fraction of sp³-hybridized carbons (Fsp3) is 0.174. The average Bonchev–Trinajstić information content (AvgIpc) is 2.66. The van der Waals surface area contributed by atoms with Gasteiger partial charge in [0.1, 0.15) is 5.03 Å². The van der Waals surface area contributed by atoms with Gasteiger partial charge in [0.25, 0.3) is 5.91 Å². The second-order valence-electron chi connectivity index (χ2n) is 6.80. The molecule has 1 heterocycles. The number of ketones is 1. The number of benzene rings is 2. The third-order valence-electron chi connectivity index (χ3n) is 4.32. The van der Waals surface area contributed by atoms with Gasteiger partial charge in [-0.05, 0) is 74.4 Å². The second-order valence-corrected chi connectivity index (χ2v) is 8.20. The number of nitrogens with one attached hydrogen (secondary N) is 1. The molecule has 6 heteroatoms. The van der Waals surface area contributed by atoms with E-state index in [4.69, 9.17) is 11.6 Å². The lowest BCUT2D eigenvalue weighted by molar-refractivity contribution is 0.101. The summed E-state index contributed by atoms with van der Waals surface area (Å²) >= 11 is 7.16. The highest BCUT2D eigenvalue weighted by molar-refractivity contribution is 8.00. The van der Waals surface area contributed by atoms with Gasteiger partial charge in [0.2, 0.25) is 0 Å². The largest absolute Gasteiger partial charge is 0.322 e. The smallest absolute Gasteiger partial charge is 0.258 e. The molecule has 0 aliphatic heterocycles. The van der Waals surface area contributed by atoms with Crippen LogP contribution in [0.1, 0.15) is 37.5 Å². The number of hydrogen-bond donors (Lipinski definition) is 1. The molecule has 0 unspecified atom stereocenters. The number of anilines is 1. The van der Waals surface area contributed by atoms with Crippen LogP contribution in [0.4, 0.5) is 5.69 Å². The summed E-state index contributed by atoms with van der Waals surface area (Å²) in [5, 5.41) is 4.07. The number of rotatable bonds is 6. The monoisotopic (exact) mass is 424 g/mol. The fourth-order valence-electron chi connectivity index (χ4n) is 2.95. The zero-order chi connectivity index (χ0) is 21.0. The Bertz CT molecular complexity index is 1060. The molecule has 4 nitrogen and oxygen atoms in total. The number of hydrogen-bond acceptors (Lipinski definition) is 4. The van der Waals surface area contributed by atoms with Gasteiger partial charge in [-0.15, -0.1) is 0 Å². The summed E-state index contributed by atoms with van der Waals surface area (Å²) in [7, 11) is 0. The molecule has 3 aromatic rings. The molecule has 1 aromatic heterocycles. The molecule has 0 saturated heterocycles. The van der Waals surface area contributed by atoms with Crippen molar-refractivity contribution < 1.29 is 9.59 Å². The first-order valence-corrected chi connectivity index (χ1v) is 10.5. The van der Waals surface area contributed by atoms with Crippen molar-refractivity contribution in [2.24, 2.45) is 0 Å². The molecule has 0 aliphatic carbocycles. The maximum Gasteiger partial charge on any atom is 0.258 e. The maximum atomic E-state index is 13.0. The zero-order valence-electron chi connectivity index (χ0n) is 16.5. The first kappa shape index (κ1) is 21.1. The number of thioether (sulfide) groups is 1. The van der Waals surface area contributed by atoms with Crippen molar-refractivity contribution in [1.82, 2.24) is 4.98 Å². The molecule has 0 fully saturated rings. The number of nitrogens with zero attached hydrogens (tertiary/aromatic N) is 1. The van der Waals surface area contributed by atoms with E-state index in [2.05, 4.69) is 10.3 Å². The van der Waals surface area contributed by atoms with Crippen LogP contribution >= 0.6 is 23.4 Å². The Hall–Kier alpha value is -2.63. The third kappa shape index (κ3) is 5.46. The molecule has 2 aromatic carbocycles. The van der Waals surface area contributed by atoms with Crippen molar-refractivity contribution in [3.8, 4) is 0 Å². The highest BCUT2D eigenvalue weighted by atomic mass is 35.5. The van der Waals surface area contributed by atoms with E-state index in [1.165, 1.54) is 11.8 Å². The van der Waals surface area contributed by atoms with Crippen molar-refractivity contribution in [2.45, 2.75) is 25.8 Å². The summed E-state index contributed by atoms with van der Waals surface area (Å²) < 4.78 is 0. The lowest BCUT2D eigenvalue weighted by Gasteiger charge is -2.13. The van der Waals surface area contributed by atoms with Gasteiger partial charge in [0.15, 0.2) is 5.78 Å². The number of Topliss-reactive ketones (excluding diaryl/α,β-unsaturated/α-hetero) is 1. The Labute approximate surface area is 179 Å². The molecule has 1 N–H and O–H groups in total. The predicted octanol–water partition coefficient (Wildman–Crippen LogP) is 5.89. The van der Waals surface area contributed by atoms with Crippen LogP contribution in [-0.2, 0) is 0 Å². The Morgan fingerprint density at radius 3 is 2.45 bits per heavy atom. The lowest BCUT2D eigenvalue weighted by Crippen LogP contribution is -2.16. The Morgan fingerprint density at radius 1 is 1.03 bits per heavy atom. The minimum absolute atomic E-state index is 0.0438. The topological polar surface area (TPSA) is 59.1 Å². The number of amides is 1.